The Labute approximate surface area is 81.9 Å². The summed E-state index contributed by atoms with van der Waals surface area (Å²) in [5, 5.41) is 11.7. The van der Waals surface area contributed by atoms with Crippen LogP contribution in [0.2, 0.25) is 0 Å². The fourth-order valence-corrected chi connectivity index (χ4v) is 1.71. The topological polar surface area (TPSA) is 67.8 Å². The van der Waals surface area contributed by atoms with Gasteiger partial charge in [0.25, 0.3) is 0 Å². The maximum absolute atomic E-state index is 11.7. The normalized spacial score (nSPS) is 14.8. The highest BCUT2D eigenvalue weighted by Crippen LogP contribution is 2.30. The molecule has 72 valence electrons. The van der Waals surface area contributed by atoms with Crippen LogP contribution in [-0.4, -0.2) is 12.3 Å². The highest BCUT2D eigenvalue weighted by atomic mass is 16.3. The van der Waals surface area contributed by atoms with Crippen molar-refractivity contribution >= 4 is 11.5 Å². The molecule has 2 rings (SSSR count). The van der Waals surface area contributed by atoms with Gasteiger partial charge in [-0.2, -0.15) is 0 Å². The molecule has 3 nitrogen and oxygen atoms in total. The molecule has 0 unspecified atom stereocenters. The first-order valence-electron chi connectivity index (χ1n) is 4.59. The van der Waals surface area contributed by atoms with Crippen molar-refractivity contribution < 1.29 is 15.6 Å². The van der Waals surface area contributed by atoms with Gasteiger partial charge in [-0.15, -0.1) is 0 Å². The van der Waals surface area contributed by atoms with Gasteiger partial charge in [-0.05, 0) is 11.1 Å². The molecular weight excluding hydrogens is 178 g/mol. The van der Waals surface area contributed by atoms with Gasteiger partial charge in [0.05, 0.1) is 6.54 Å². The van der Waals surface area contributed by atoms with E-state index in [9.17, 15) is 9.90 Å². The number of carbonyl (C=O) groups is 1. The van der Waals surface area contributed by atoms with Crippen molar-refractivity contribution in [2.24, 2.45) is 0 Å². The zero-order chi connectivity index (χ0) is 10.1. The Morgan fingerprint density at radius 2 is 1.86 bits per heavy atom. The van der Waals surface area contributed by atoms with Crippen molar-refractivity contribution in [3.05, 3.63) is 41.0 Å². The summed E-state index contributed by atoms with van der Waals surface area (Å²) in [6.07, 6.45) is 0.479. The molecule has 1 aliphatic carbocycles. The summed E-state index contributed by atoms with van der Waals surface area (Å²) >= 11 is 0. The first-order valence-corrected chi connectivity index (χ1v) is 4.59. The Balaban J connectivity index is 2.51. The summed E-state index contributed by atoms with van der Waals surface area (Å²) in [6.45, 7) is 0.584. The number of ketones is 1. The number of hydrogen-bond donors (Lipinski definition) is 1. The highest BCUT2D eigenvalue weighted by molar-refractivity contribution is 6.19. The molecule has 0 saturated heterocycles. The molecule has 1 aromatic carbocycles. The van der Waals surface area contributed by atoms with Gasteiger partial charge >= 0.3 is 0 Å². The minimum Gasteiger partial charge on any atom is -0.872 e. The summed E-state index contributed by atoms with van der Waals surface area (Å²) in [6, 6.07) is 6.95. The number of rotatable bonds is 2. The summed E-state index contributed by atoms with van der Waals surface area (Å²) in [7, 11) is 0. The Kier molecular flexibility index (Phi) is 2.09. The second kappa shape index (κ2) is 3.27. The third kappa shape index (κ3) is 1.14. The average molecular weight is 189 g/mol. The quantitative estimate of drug-likeness (QED) is 0.687. The standard InChI is InChI=1S/C11H11NO2/c12-6-5-9-10(13)7-3-1-2-4-8(7)11(9)14/h1-4,13H,5-6,12H2. The van der Waals surface area contributed by atoms with Crippen LogP contribution in [0.3, 0.4) is 0 Å². The molecule has 0 atom stereocenters. The van der Waals surface area contributed by atoms with Gasteiger partial charge in [-0.3, -0.25) is 4.79 Å². The molecule has 0 aliphatic heterocycles. The van der Waals surface area contributed by atoms with Crippen LogP contribution in [0.25, 0.3) is 5.76 Å². The van der Waals surface area contributed by atoms with Gasteiger partial charge in [0.2, 0.25) is 0 Å². The predicted octanol–water partition coefficient (Wildman–Crippen LogP) is -0.414. The molecular formula is C11H11NO2. The number of benzene rings is 1. The van der Waals surface area contributed by atoms with Crippen molar-refractivity contribution in [1.82, 2.24) is 0 Å². The van der Waals surface area contributed by atoms with Gasteiger partial charge < -0.3 is 10.8 Å². The summed E-state index contributed by atoms with van der Waals surface area (Å²) < 4.78 is 0. The first kappa shape index (κ1) is 8.97. The van der Waals surface area contributed by atoms with E-state index in [1.165, 1.54) is 0 Å². The largest absolute Gasteiger partial charge is 0.872 e. The van der Waals surface area contributed by atoms with Gasteiger partial charge in [0.15, 0.2) is 5.78 Å². The first-order chi connectivity index (χ1) is 6.75. The van der Waals surface area contributed by atoms with E-state index in [1.807, 2.05) is 0 Å². The molecule has 1 aliphatic rings. The lowest BCUT2D eigenvalue weighted by Crippen LogP contribution is -2.50. The Hall–Kier alpha value is -1.61. The number of quaternary nitrogens is 1. The van der Waals surface area contributed by atoms with Crippen LogP contribution in [0.4, 0.5) is 0 Å². The van der Waals surface area contributed by atoms with Crippen LogP contribution in [-0.2, 0) is 0 Å². The van der Waals surface area contributed by atoms with Gasteiger partial charge in [-0.1, -0.05) is 30.0 Å². The van der Waals surface area contributed by atoms with Gasteiger partial charge in [0, 0.05) is 12.0 Å². The number of carbonyl (C=O) groups excluding carboxylic acids is 1. The lowest BCUT2D eigenvalue weighted by Gasteiger charge is -2.09. The summed E-state index contributed by atoms with van der Waals surface area (Å²) in [5.41, 5.74) is 5.13. The molecule has 0 heterocycles. The summed E-state index contributed by atoms with van der Waals surface area (Å²) in [5.74, 6) is -0.233. The monoisotopic (exact) mass is 189 g/mol. The van der Waals surface area contributed by atoms with Gasteiger partial charge in [0.1, 0.15) is 0 Å². The van der Waals surface area contributed by atoms with Crippen molar-refractivity contribution in [3.63, 3.8) is 0 Å². The Morgan fingerprint density at radius 1 is 1.21 bits per heavy atom. The van der Waals surface area contributed by atoms with E-state index in [4.69, 9.17) is 0 Å². The minimum atomic E-state index is -0.116. The molecule has 0 fully saturated rings. The van der Waals surface area contributed by atoms with E-state index < -0.39 is 0 Å². The van der Waals surface area contributed by atoms with E-state index in [0.717, 1.165) is 0 Å². The van der Waals surface area contributed by atoms with E-state index >= 15 is 0 Å². The second-order valence-electron chi connectivity index (χ2n) is 3.29. The molecule has 0 radical (unpaired) electrons. The fourth-order valence-electron chi connectivity index (χ4n) is 1.71. The zero-order valence-corrected chi connectivity index (χ0v) is 7.75. The zero-order valence-electron chi connectivity index (χ0n) is 7.75. The molecule has 0 bridgehead atoms. The molecule has 0 amide bonds. The molecule has 0 spiro atoms. The van der Waals surface area contributed by atoms with Crippen molar-refractivity contribution in [1.29, 1.82) is 0 Å². The average Bonchev–Trinajstić information content (AvgIpc) is 2.45. The maximum Gasteiger partial charge on any atom is 0.189 e. The van der Waals surface area contributed by atoms with Crippen molar-refractivity contribution in [2.75, 3.05) is 6.54 Å². The van der Waals surface area contributed by atoms with Crippen LogP contribution in [0.1, 0.15) is 22.3 Å². The van der Waals surface area contributed by atoms with Crippen LogP contribution in [0.5, 0.6) is 0 Å². The maximum atomic E-state index is 11.7. The van der Waals surface area contributed by atoms with Crippen LogP contribution >= 0.6 is 0 Å². The molecule has 3 heteroatoms. The van der Waals surface area contributed by atoms with Crippen LogP contribution in [0.15, 0.2) is 29.8 Å². The molecule has 0 saturated carbocycles. The number of fused-ring (bicyclic) bond motifs is 1. The van der Waals surface area contributed by atoms with Gasteiger partial charge in [-0.25, -0.2) is 0 Å². The SMILES string of the molecule is [NH3+]CCC1=C([O-])c2ccccc2C1=O. The lowest BCUT2D eigenvalue weighted by atomic mass is 10.1. The summed E-state index contributed by atoms with van der Waals surface area (Å²) in [4.78, 5) is 11.7. The van der Waals surface area contributed by atoms with E-state index in [0.29, 0.717) is 29.7 Å². The van der Waals surface area contributed by atoms with Crippen LogP contribution < -0.4 is 10.8 Å². The van der Waals surface area contributed by atoms with E-state index in [-0.39, 0.29) is 11.5 Å². The minimum absolute atomic E-state index is 0.116. The predicted molar refractivity (Wildman–Crippen MR) is 50.1 cm³/mol. The van der Waals surface area contributed by atoms with E-state index in [2.05, 4.69) is 5.73 Å². The fraction of sp³-hybridized carbons (Fsp3) is 0.182. The lowest BCUT2D eigenvalue weighted by molar-refractivity contribution is -0.366. The van der Waals surface area contributed by atoms with Crippen LogP contribution in [0, 0.1) is 0 Å². The third-order valence-corrected chi connectivity index (χ3v) is 2.39. The number of Topliss-reactive ketones (excluding diaryl/α,β-unsaturated/α-hetero) is 1. The highest BCUT2D eigenvalue weighted by Gasteiger charge is 2.23. The van der Waals surface area contributed by atoms with Crippen molar-refractivity contribution in [3.8, 4) is 0 Å². The Morgan fingerprint density at radius 3 is 2.43 bits per heavy atom. The molecule has 14 heavy (non-hydrogen) atoms. The Bertz CT molecular complexity index is 421. The number of hydrogen-bond acceptors (Lipinski definition) is 2. The molecule has 1 aromatic rings. The third-order valence-electron chi connectivity index (χ3n) is 2.39. The smallest absolute Gasteiger partial charge is 0.189 e. The molecule has 3 N–H and O–H groups in total. The van der Waals surface area contributed by atoms with Crippen molar-refractivity contribution in [2.45, 2.75) is 6.42 Å². The second-order valence-corrected chi connectivity index (χ2v) is 3.29. The molecule has 0 aromatic heterocycles. The van der Waals surface area contributed by atoms with E-state index in [1.54, 1.807) is 24.3 Å².